The summed E-state index contributed by atoms with van der Waals surface area (Å²) in [5.74, 6) is 3.28. The quantitative estimate of drug-likeness (QED) is 0.403. The van der Waals surface area contributed by atoms with Crippen LogP contribution in [0.3, 0.4) is 0 Å². The van der Waals surface area contributed by atoms with E-state index < -0.39 is 0 Å². The predicted molar refractivity (Wildman–Crippen MR) is 133 cm³/mol. The molecule has 5 rings (SSSR count). The first kappa shape index (κ1) is 21.2. The summed E-state index contributed by atoms with van der Waals surface area (Å²) in [6, 6.07) is 20.1. The molecule has 7 heteroatoms. The number of aromatic nitrogens is 2. The molecule has 3 heterocycles. The average Bonchev–Trinajstić information content (AvgIpc) is 3.59. The van der Waals surface area contributed by atoms with Crippen molar-refractivity contribution in [2.24, 2.45) is 5.10 Å². The summed E-state index contributed by atoms with van der Waals surface area (Å²) < 4.78 is 6.04. The Morgan fingerprint density at radius 2 is 1.55 bits per heavy atom. The van der Waals surface area contributed by atoms with Gasteiger partial charge in [0.15, 0.2) is 5.82 Å². The predicted octanol–water partition coefficient (Wildman–Crippen LogP) is 4.70. The number of hydrogen-bond donors (Lipinski definition) is 1. The molecule has 0 spiro atoms. The molecule has 0 bridgehead atoms. The van der Waals surface area contributed by atoms with Crippen molar-refractivity contribution in [2.75, 3.05) is 41.4 Å². The van der Waals surface area contributed by atoms with Gasteiger partial charge in [0.2, 0.25) is 5.95 Å². The third kappa shape index (κ3) is 5.42. The number of rotatable bonds is 8. The van der Waals surface area contributed by atoms with E-state index in [1.54, 1.807) is 6.21 Å². The topological polar surface area (TPSA) is 65.9 Å². The second kappa shape index (κ2) is 10.3. The van der Waals surface area contributed by atoms with Gasteiger partial charge in [-0.15, -0.1) is 0 Å². The van der Waals surface area contributed by atoms with Gasteiger partial charge in [-0.1, -0.05) is 42.5 Å². The molecule has 2 fully saturated rings. The number of hydrogen-bond acceptors (Lipinski definition) is 7. The molecule has 0 radical (unpaired) electrons. The molecule has 33 heavy (non-hydrogen) atoms. The van der Waals surface area contributed by atoms with Gasteiger partial charge in [-0.25, -0.2) is 0 Å². The lowest BCUT2D eigenvalue weighted by Crippen LogP contribution is -2.24. The molecule has 170 valence electrons. The Bertz CT molecular complexity index is 1040. The normalized spacial score (nSPS) is 16.0. The van der Waals surface area contributed by atoms with Crippen LogP contribution in [0.15, 0.2) is 65.8 Å². The molecule has 2 aliphatic rings. The maximum atomic E-state index is 6.04. The van der Waals surface area contributed by atoms with Crippen LogP contribution in [0.2, 0.25) is 0 Å². The molecule has 2 saturated heterocycles. The standard InChI is InChI=1S/C26H30N6O/c1-2-10-21(11-3-1)20-33-23-13-5-4-12-22(23)19-27-30-24-18-25(31-14-6-7-15-31)29-26(28-24)32-16-8-9-17-32/h1-5,10-13,18-19H,6-9,14-17,20H2,(H,28,29,30)/b27-19+. The molecule has 0 aliphatic carbocycles. The fourth-order valence-electron chi connectivity index (χ4n) is 4.27. The Kier molecular flexibility index (Phi) is 6.66. The Morgan fingerprint density at radius 1 is 0.848 bits per heavy atom. The zero-order valence-electron chi connectivity index (χ0n) is 18.9. The van der Waals surface area contributed by atoms with Crippen molar-refractivity contribution in [3.8, 4) is 5.75 Å². The van der Waals surface area contributed by atoms with Crippen molar-refractivity contribution in [1.29, 1.82) is 0 Å². The summed E-state index contributed by atoms with van der Waals surface area (Å²) in [6.45, 7) is 4.64. The molecule has 1 aromatic heterocycles. The number of benzene rings is 2. The highest BCUT2D eigenvalue weighted by atomic mass is 16.5. The number of nitrogens with one attached hydrogen (secondary N) is 1. The van der Waals surface area contributed by atoms with Gasteiger partial charge in [0.25, 0.3) is 0 Å². The first-order valence-electron chi connectivity index (χ1n) is 11.8. The van der Waals surface area contributed by atoms with Crippen molar-refractivity contribution >= 4 is 23.8 Å². The molecular formula is C26H30N6O. The molecule has 0 saturated carbocycles. The third-order valence-electron chi connectivity index (χ3n) is 6.06. The Hall–Kier alpha value is -3.61. The van der Waals surface area contributed by atoms with E-state index in [4.69, 9.17) is 14.7 Å². The minimum atomic E-state index is 0.517. The van der Waals surface area contributed by atoms with Crippen molar-refractivity contribution in [2.45, 2.75) is 32.3 Å². The zero-order chi connectivity index (χ0) is 22.3. The van der Waals surface area contributed by atoms with E-state index in [9.17, 15) is 0 Å². The Morgan fingerprint density at radius 3 is 2.33 bits per heavy atom. The Balaban J connectivity index is 1.31. The monoisotopic (exact) mass is 442 g/mol. The van der Waals surface area contributed by atoms with Crippen LogP contribution in [-0.4, -0.2) is 42.4 Å². The van der Waals surface area contributed by atoms with Crippen LogP contribution in [0, 0.1) is 0 Å². The van der Waals surface area contributed by atoms with Crippen LogP contribution >= 0.6 is 0 Å². The SMILES string of the molecule is C(=N\Nc1cc(N2CCCC2)nc(N2CCCC2)n1)/c1ccccc1OCc1ccccc1. The number of ether oxygens (including phenoxy) is 1. The number of para-hydroxylation sites is 1. The van der Waals surface area contributed by atoms with Crippen LogP contribution in [0.1, 0.15) is 36.8 Å². The van der Waals surface area contributed by atoms with E-state index in [1.807, 2.05) is 48.5 Å². The number of hydrazone groups is 1. The molecule has 3 aromatic rings. The van der Waals surface area contributed by atoms with Crippen molar-refractivity contribution in [1.82, 2.24) is 9.97 Å². The number of anilines is 3. The van der Waals surface area contributed by atoms with E-state index >= 15 is 0 Å². The van der Waals surface area contributed by atoms with Crippen LogP contribution in [-0.2, 0) is 6.61 Å². The summed E-state index contributed by atoms with van der Waals surface area (Å²) in [7, 11) is 0. The molecule has 7 nitrogen and oxygen atoms in total. The summed E-state index contributed by atoms with van der Waals surface area (Å²) >= 11 is 0. The smallest absolute Gasteiger partial charge is 0.229 e. The fraction of sp³-hybridized carbons (Fsp3) is 0.346. The lowest BCUT2D eigenvalue weighted by atomic mass is 10.2. The first-order chi connectivity index (χ1) is 16.3. The summed E-state index contributed by atoms with van der Waals surface area (Å²) in [5.41, 5.74) is 5.17. The van der Waals surface area contributed by atoms with Gasteiger partial charge < -0.3 is 14.5 Å². The maximum absolute atomic E-state index is 6.04. The highest BCUT2D eigenvalue weighted by Gasteiger charge is 2.20. The van der Waals surface area contributed by atoms with Gasteiger partial charge in [-0.05, 0) is 43.4 Å². The van der Waals surface area contributed by atoms with Gasteiger partial charge in [0, 0.05) is 37.8 Å². The van der Waals surface area contributed by atoms with E-state index in [1.165, 1.54) is 25.7 Å². The number of nitrogens with zero attached hydrogens (tertiary/aromatic N) is 5. The van der Waals surface area contributed by atoms with Gasteiger partial charge in [0.1, 0.15) is 18.2 Å². The van der Waals surface area contributed by atoms with Gasteiger partial charge in [0.05, 0.1) is 6.21 Å². The molecule has 2 aromatic carbocycles. The lowest BCUT2D eigenvalue weighted by molar-refractivity contribution is 0.306. The lowest BCUT2D eigenvalue weighted by Gasteiger charge is -2.21. The fourth-order valence-corrected chi connectivity index (χ4v) is 4.27. The van der Waals surface area contributed by atoms with Crippen LogP contribution in [0.4, 0.5) is 17.6 Å². The largest absolute Gasteiger partial charge is 0.488 e. The van der Waals surface area contributed by atoms with E-state index in [-0.39, 0.29) is 0 Å². The minimum Gasteiger partial charge on any atom is -0.488 e. The highest BCUT2D eigenvalue weighted by Crippen LogP contribution is 2.25. The molecule has 0 unspecified atom stereocenters. The van der Waals surface area contributed by atoms with Crippen molar-refractivity contribution < 1.29 is 4.74 Å². The molecular weight excluding hydrogens is 412 g/mol. The Labute approximate surface area is 195 Å². The van der Waals surface area contributed by atoms with E-state index in [0.29, 0.717) is 12.4 Å². The average molecular weight is 443 g/mol. The zero-order valence-corrected chi connectivity index (χ0v) is 18.9. The van der Waals surface area contributed by atoms with E-state index in [0.717, 1.165) is 54.8 Å². The third-order valence-corrected chi connectivity index (χ3v) is 6.06. The molecule has 2 aliphatic heterocycles. The van der Waals surface area contributed by atoms with Crippen molar-refractivity contribution in [3.63, 3.8) is 0 Å². The summed E-state index contributed by atoms with van der Waals surface area (Å²) in [6.07, 6.45) is 6.59. The molecule has 1 N–H and O–H groups in total. The maximum Gasteiger partial charge on any atom is 0.229 e. The van der Waals surface area contributed by atoms with Gasteiger partial charge >= 0.3 is 0 Å². The van der Waals surface area contributed by atoms with Gasteiger partial charge in [-0.3, -0.25) is 5.43 Å². The second-order valence-corrected chi connectivity index (χ2v) is 8.48. The van der Waals surface area contributed by atoms with Crippen LogP contribution < -0.4 is 20.0 Å². The van der Waals surface area contributed by atoms with E-state index in [2.05, 4.69) is 32.5 Å². The van der Waals surface area contributed by atoms with Gasteiger partial charge in [-0.2, -0.15) is 15.1 Å². The first-order valence-corrected chi connectivity index (χ1v) is 11.8. The van der Waals surface area contributed by atoms with Crippen molar-refractivity contribution in [3.05, 3.63) is 71.8 Å². The van der Waals surface area contributed by atoms with Crippen LogP contribution in [0.25, 0.3) is 0 Å². The summed E-state index contributed by atoms with van der Waals surface area (Å²) in [5, 5.41) is 4.48. The highest BCUT2D eigenvalue weighted by molar-refractivity contribution is 5.84. The van der Waals surface area contributed by atoms with Crippen LogP contribution in [0.5, 0.6) is 5.75 Å². The molecule has 0 amide bonds. The minimum absolute atomic E-state index is 0.517. The second-order valence-electron chi connectivity index (χ2n) is 8.48. The summed E-state index contributed by atoms with van der Waals surface area (Å²) in [4.78, 5) is 14.2. The molecule has 0 atom stereocenters.